The summed E-state index contributed by atoms with van der Waals surface area (Å²) in [6.07, 6.45) is -6.34. The summed E-state index contributed by atoms with van der Waals surface area (Å²) >= 11 is 0.743. The summed E-state index contributed by atoms with van der Waals surface area (Å²) in [4.78, 5) is -0.137. The Balaban J connectivity index is 0.00000141. The first-order chi connectivity index (χ1) is 12.0. The van der Waals surface area contributed by atoms with E-state index in [1.807, 2.05) is 6.92 Å². The van der Waals surface area contributed by atoms with Crippen molar-refractivity contribution < 1.29 is 26.3 Å². The smallest absolute Gasteiger partial charge is 0.330 e. The summed E-state index contributed by atoms with van der Waals surface area (Å²) in [5.41, 5.74) is 2.78. The summed E-state index contributed by atoms with van der Waals surface area (Å²) in [5, 5.41) is 0. The average Bonchev–Trinajstić information content (AvgIpc) is 2.56. The van der Waals surface area contributed by atoms with E-state index in [2.05, 4.69) is 18.6 Å². The van der Waals surface area contributed by atoms with E-state index in [9.17, 15) is 26.3 Å². The SMILES string of the molecule is CC(CN)CCNSc1cc(C(F)(F)F)cc(C(F)(F)F)c1.CCCC. The maximum atomic E-state index is 12.7. The fraction of sp³-hybridized carbons (Fsp3) is 0.647. The largest absolute Gasteiger partial charge is 0.416 e. The number of benzene rings is 1. The molecule has 1 atom stereocenters. The van der Waals surface area contributed by atoms with E-state index in [0.29, 0.717) is 31.6 Å². The van der Waals surface area contributed by atoms with Gasteiger partial charge in [0.1, 0.15) is 0 Å². The molecule has 1 rings (SSSR count). The summed E-state index contributed by atoms with van der Waals surface area (Å²) in [7, 11) is 0. The van der Waals surface area contributed by atoms with Crippen LogP contribution in [0.1, 0.15) is 51.2 Å². The Bertz CT molecular complexity index is 483. The molecule has 2 nitrogen and oxygen atoms in total. The molecule has 1 unspecified atom stereocenters. The maximum absolute atomic E-state index is 12.7. The molecule has 0 aromatic heterocycles. The van der Waals surface area contributed by atoms with Gasteiger partial charge in [0, 0.05) is 11.4 Å². The van der Waals surface area contributed by atoms with Gasteiger partial charge in [0.15, 0.2) is 0 Å². The lowest BCUT2D eigenvalue weighted by Crippen LogP contribution is -2.16. The zero-order chi connectivity index (χ0) is 20.4. The Morgan fingerprint density at radius 3 is 1.77 bits per heavy atom. The molecule has 0 aliphatic heterocycles. The number of hydrogen-bond acceptors (Lipinski definition) is 3. The minimum atomic E-state index is -4.83. The highest BCUT2D eigenvalue weighted by molar-refractivity contribution is 7.97. The van der Waals surface area contributed by atoms with Gasteiger partial charge in [-0.25, -0.2) is 0 Å². The van der Waals surface area contributed by atoms with Crippen LogP contribution in [0.4, 0.5) is 26.3 Å². The molecule has 0 radical (unpaired) electrons. The van der Waals surface area contributed by atoms with Crippen molar-refractivity contribution >= 4 is 11.9 Å². The van der Waals surface area contributed by atoms with Crippen molar-refractivity contribution in [3.05, 3.63) is 29.3 Å². The maximum Gasteiger partial charge on any atom is 0.416 e. The molecule has 0 bridgehead atoms. The van der Waals surface area contributed by atoms with Gasteiger partial charge in [0.2, 0.25) is 0 Å². The molecule has 9 heteroatoms. The van der Waals surface area contributed by atoms with E-state index < -0.39 is 23.5 Å². The molecule has 0 fully saturated rings. The fourth-order valence-electron chi connectivity index (χ4n) is 1.54. The number of unbranched alkanes of at least 4 members (excludes halogenated alkanes) is 1. The van der Waals surface area contributed by atoms with E-state index in [4.69, 9.17) is 5.73 Å². The molecule has 0 amide bonds. The highest BCUT2D eigenvalue weighted by Crippen LogP contribution is 2.37. The van der Waals surface area contributed by atoms with Crippen LogP contribution in [0.3, 0.4) is 0 Å². The van der Waals surface area contributed by atoms with Crippen LogP contribution in [0.15, 0.2) is 23.1 Å². The van der Waals surface area contributed by atoms with Gasteiger partial charge < -0.3 is 5.73 Å². The highest BCUT2D eigenvalue weighted by Gasteiger charge is 2.36. The molecule has 26 heavy (non-hydrogen) atoms. The van der Waals surface area contributed by atoms with Crippen LogP contribution in [0, 0.1) is 5.92 Å². The number of alkyl halides is 6. The Labute approximate surface area is 155 Å². The third kappa shape index (κ3) is 10.3. The van der Waals surface area contributed by atoms with Crippen LogP contribution < -0.4 is 10.5 Å². The molecular weight excluding hydrogens is 378 g/mol. The molecule has 1 aromatic rings. The number of rotatable bonds is 7. The van der Waals surface area contributed by atoms with Crippen LogP contribution in [0.5, 0.6) is 0 Å². The predicted molar refractivity (Wildman–Crippen MR) is 93.7 cm³/mol. The number of halogens is 6. The normalized spacial score (nSPS) is 13.2. The van der Waals surface area contributed by atoms with Gasteiger partial charge in [0.05, 0.1) is 11.1 Å². The van der Waals surface area contributed by atoms with Gasteiger partial charge >= 0.3 is 12.4 Å². The summed E-state index contributed by atoms with van der Waals surface area (Å²) in [6, 6.07) is 1.50. The molecule has 0 saturated heterocycles. The summed E-state index contributed by atoms with van der Waals surface area (Å²) in [6.45, 7) is 7.16. The third-order valence-corrected chi connectivity index (χ3v) is 4.21. The second-order valence-electron chi connectivity index (χ2n) is 5.87. The van der Waals surface area contributed by atoms with Crippen molar-refractivity contribution in [2.45, 2.75) is 57.3 Å². The van der Waals surface area contributed by atoms with Gasteiger partial charge in [0.25, 0.3) is 0 Å². The van der Waals surface area contributed by atoms with E-state index in [-0.39, 0.29) is 16.9 Å². The van der Waals surface area contributed by atoms with Gasteiger partial charge in [-0.1, -0.05) is 33.6 Å². The minimum Gasteiger partial charge on any atom is -0.330 e. The summed E-state index contributed by atoms with van der Waals surface area (Å²) < 4.78 is 78.7. The van der Waals surface area contributed by atoms with E-state index >= 15 is 0 Å². The zero-order valence-electron chi connectivity index (χ0n) is 15.1. The number of hydrogen-bond donors (Lipinski definition) is 2. The standard InChI is InChI=1S/C13H16F6N2S.C4H10/c1-8(7-20)2-3-21-22-11-5-9(12(14,15)16)4-10(6-11)13(17,18)19;1-3-4-2/h4-6,8,21H,2-3,7,20H2,1H3;3-4H2,1-2H3. The minimum absolute atomic E-state index is 0.112. The zero-order valence-corrected chi connectivity index (χ0v) is 15.9. The fourth-order valence-corrected chi connectivity index (χ4v) is 2.30. The second kappa shape index (κ2) is 11.7. The Morgan fingerprint density at radius 2 is 1.42 bits per heavy atom. The third-order valence-electron chi connectivity index (χ3n) is 3.39. The first kappa shape index (κ1) is 25.1. The Morgan fingerprint density at radius 1 is 0.962 bits per heavy atom. The second-order valence-corrected chi connectivity index (χ2v) is 6.83. The topological polar surface area (TPSA) is 38.0 Å². The van der Waals surface area contributed by atoms with Crippen molar-refractivity contribution in [1.82, 2.24) is 4.72 Å². The monoisotopic (exact) mass is 404 g/mol. The molecule has 152 valence electrons. The first-order valence-corrected chi connectivity index (χ1v) is 9.16. The molecular formula is C17H26F6N2S. The van der Waals surface area contributed by atoms with Crippen LogP contribution in [-0.4, -0.2) is 13.1 Å². The highest BCUT2D eigenvalue weighted by atomic mass is 32.2. The van der Waals surface area contributed by atoms with Crippen LogP contribution in [-0.2, 0) is 12.4 Å². The van der Waals surface area contributed by atoms with Gasteiger partial charge in [-0.3, -0.25) is 4.72 Å². The average molecular weight is 404 g/mol. The summed E-state index contributed by atoms with van der Waals surface area (Å²) in [5.74, 6) is 0.223. The van der Waals surface area contributed by atoms with Gasteiger partial charge in [-0.15, -0.1) is 0 Å². The lowest BCUT2D eigenvalue weighted by Gasteiger charge is -2.14. The van der Waals surface area contributed by atoms with Crippen molar-refractivity contribution in [2.75, 3.05) is 13.1 Å². The van der Waals surface area contributed by atoms with E-state index in [0.717, 1.165) is 11.9 Å². The van der Waals surface area contributed by atoms with Crippen LogP contribution >= 0.6 is 11.9 Å². The van der Waals surface area contributed by atoms with Crippen molar-refractivity contribution in [3.63, 3.8) is 0 Å². The van der Waals surface area contributed by atoms with Crippen molar-refractivity contribution in [1.29, 1.82) is 0 Å². The molecule has 0 heterocycles. The number of nitrogens with one attached hydrogen (secondary N) is 1. The number of nitrogens with two attached hydrogens (primary N) is 1. The predicted octanol–water partition coefficient (Wildman–Crippen LogP) is 6.11. The first-order valence-electron chi connectivity index (χ1n) is 8.34. The molecule has 0 aliphatic carbocycles. The lowest BCUT2D eigenvalue weighted by atomic mass is 10.1. The Kier molecular flexibility index (Phi) is 11.3. The quantitative estimate of drug-likeness (QED) is 0.327. The molecule has 0 saturated carbocycles. The van der Waals surface area contributed by atoms with Gasteiger partial charge in [-0.05, 0) is 49.0 Å². The van der Waals surface area contributed by atoms with E-state index in [1.54, 1.807) is 0 Å². The van der Waals surface area contributed by atoms with Gasteiger partial charge in [-0.2, -0.15) is 26.3 Å². The molecule has 3 N–H and O–H groups in total. The van der Waals surface area contributed by atoms with Crippen LogP contribution in [0.2, 0.25) is 0 Å². The van der Waals surface area contributed by atoms with E-state index in [1.165, 1.54) is 12.8 Å². The lowest BCUT2D eigenvalue weighted by molar-refractivity contribution is -0.143. The van der Waals surface area contributed by atoms with Crippen LogP contribution in [0.25, 0.3) is 0 Å². The van der Waals surface area contributed by atoms with Crippen molar-refractivity contribution in [3.8, 4) is 0 Å². The molecule has 0 aliphatic rings. The Hall–Kier alpha value is -0.930. The van der Waals surface area contributed by atoms with Crippen molar-refractivity contribution in [2.24, 2.45) is 11.7 Å². The molecule has 0 spiro atoms. The molecule has 1 aromatic carbocycles.